The van der Waals surface area contributed by atoms with E-state index in [9.17, 15) is 0 Å². The van der Waals surface area contributed by atoms with Crippen molar-refractivity contribution < 1.29 is 0 Å². The molecule has 0 amide bonds. The molecule has 102 valence electrons. The van der Waals surface area contributed by atoms with E-state index in [0.717, 1.165) is 31.0 Å². The number of aryl methyl sites for hydroxylation is 3. The van der Waals surface area contributed by atoms with Crippen molar-refractivity contribution in [3.63, 3.8) is 0 Å². The van der Waals surface area contributed by atoms with Crippen LogP contribution in [-0.2, 0) is 6.42 Å². The summed E-state index contributed by atoms with van der Waals surface area (Å²) < 4.78 is 0. The van der Waals surface area contributed by atoms with Gasteiger partial charge in [0.05, 0.1) is 0 Å². The number of hydrogen-bond acceptors (Lipinski definition) is 1. The molecular formula is C16H26ClN. The van der Waals surface area contributed by atoms with Gasteiger partial charge in [0.2, 0.25) is 0 Å². The molecule has 0 bridgehead atoms. The summed E-state index contributed by atoms with van der Waals surface area (Å²) >= 11 is 6.32. The molecule has 0 heterocycles. The molecule has 0 unspecified atom stereocenters. The molecule has 1 nitrogen and oxygen atoms in total. The first kappa shape index (κ1) is 15.5. The van der Waals surface area contributed by atoms with Gasteiger partial charge in [-0.25, -0.2) is 0 Å². The van der Waals surface area contributed by atoms with Crippen LogP contribution in [0.2, 0.25) is 5.02 Å². The molecule has 1 rings (SSSR count). The van der Waals surface area contributed by atoms with Crippen molar-refractivity contribution in [1.29, 1.82) is 0 Å². The summed E-state index contributed by atoms with van der Waals surface area (Å²) in [5.41, 5.74) is 4.21. The highest BCUT2D eigenvalue weighted by Gasteiger charge is 2.17. The lowest BCUT2D eigenvalue weighted by atomic mass is 9.85. The van der Waals surface area contributed by atoms with Crippen molar-refractivity contribution in [2.24, 2.45) is 5.41 Å². The minimum atomic E-state index is 0.318. The van der Waals surface area contributed by atoms with Gasteiger partial charge in [0.1, 0.15) is 0 Å². The van der Waals surface area contributed by atoms with Crippen LogP contribution in [0.3, 0.4) is 0 Å². The quantitative estimate of drug-likeness (QED) is 0.799. The average molecular weight is 268 g/mol. The van der Waals surface area contributed by atoms with Crippen LogP contribution in [0, 0.1) is 19.3 Å². The van der Waals surface area contributed by atoms with Gasteiger partial charge in [-0.15, -0.1) is 0 Å². The summed E-state index contributed by atoms with van der Waals surface area (Å²) in [5.74, 6) is 0. The van der Waals surface area contributed by atoms with Crippen LogP contribution < -0.4 is 5.32 Å². The van der Waals surface area contributed by atoms with E-state index >= 15 is 0 Å². The fourth-order valence-corrected chi connectivity index (χ4v) is 2.37. The first-order chi connectivity index (χ1) is 8.35. The SMILES string of the molecule is CCNCC(C)(C)CCc1cc(C)c(C)cc1Cl. The Hall–Kier alpha value is -0.530. The molecule has 0 aliphatic heterocycles. The number of hydrogen-bond donors (Lipinski definition) is 1. The van der Waals surface area contributed by atoms with E-state index in [1.807, 2.05) is 0 Å². The summed E-state index contributed by atoms with van der Waals surface area (Å²) in [6.45, 7) is 13.1. The van der Waals surface area contributed by atoms with Gasteiger partial charge in [-0.3, -0.25) is 0 Å². The van der Waals surface area contributed by atoms with E-state index in [4.69, 9.17) is 11.6 Å². The Labute approximate surface area is 117 Å². The normalized spacial score (nSPS) is 11.9. The third-order valence-electron chi connectivity index (χ3n) is 3.59. The minimum Gasteiger partial charge on any atom is -0.316 e. The summed E-state index contributed by atoms with van der Waals surface area (Å²) in [6, 6.07) is 4.32. The van der Waals surface area contributed by atoms with Gasteiger partial charge < -0.3 is 5.32 Å². The van der Waals surface area contributed by atoms with Crippen LogP contribution in [-0.4, -0.2) is 13.1 Å². The molecular weight excluding hydrogens is 242 g/mol. The van der Waals surface area contributed by atoms with Crippen LogP contribution in [0.5, 0.6) is 0 Å². The van der Waals surface area contributed by atoms with Gasteiger partial charge in [0.25, 0.3) is 0 Å². The maximum atomic E-state index is 6.32. The lowest BCUT2D eigenvalue weighted by Crippen LogP contribution is -2.29. The lowest BCUT2D eigenvalue weighted by Gasteiger charge is -2.25. The third-order valence-corrected chi connectivity index (χ3v) is 3.94. The molecule has 0 spiro atoms. The predicted octanol–water partition coefficient (Wildman–Crippen LogP) is 4.53. The van der Waals surface area contributed by atoms with E-state index in [0.29, 0.717) is 5.41 Å². The molecule has 0 aromatic heterocycles. The molecule has 0 atom stereocenters. The third kappa shape index (κ3) is 4.62. The van der Waals surface area contributed by atoms with Gasteiger partial charge >= 0.3 is 0 Å². The molecule has 1 aromatic rings. The molecule has 0 radical (unpaired) electrons. The summed E-state index contributed by atoms with van der Waals surface area (Å²) in [4.78, 5) is 0. The Morgan fingerprint density at radius 2 is 1.78 bits per heavy atom. The summed E-state index contributed by atoms with van der Waals surface area (Å²) in [6.07, 6.45) is 2.21. The zero-order valence-electron chi connectivity index (χ0n) is 12.4. The highest BCUT2D eigenvalue weighted by atomic mass is 35.5. The largest absolute Gasteiger partial charge is 0.316 e. The lowest BCUT2D eigenvalue weighted by molar-refractivity contribution is 0.318. The Morgan fingerprint density at radius 1 is 1.17 bits per heavy atom. The predicted molar refractivity (Wildman–Crippen MR) is 81.6 cm³/mol. The van der Waals surface area contributed by atoms with Crippen LogP contribution in [0.1, 0.15) is 43.9 Å². The molecule has 0 fully saturated rings. The molecule has 1 N–H and O–H groups in total. The Balaban J connectivity index is 2.66. The Bertz CT molecular complexity index is 396. The van der Waals surface area contributed by atoms with Gasteiger partial charge in [-0.1, -0.05) is 38.4 Å². The number of halogens is 1. The van der Waals surface area contributed by atoms with Crippen LogP contribution in [0.15, 0.2) is 12.1 Å². The summed E-state index contributed by atoms with van der Waals surface area (Å²) in [7, 11) is 0. The Morgan fingerprint density at radius 3 is 2.39 bits per heavy atom. The van der Waals surface area contributed by atoms with Crippen LogP contribution in [0.4, 0.5) is 0 Å². The first-order valence-corrected chi connectivity index (χ1v) is 7.20. The monoisotopic (exact) mass is 267 g/mol. The molecule has 0 saturated carbocycles. The number of benzene rings is 1. The summed E-state index contributed by atoms with van der Waals surface area (Å²) in [5, 5.41) is 4.34. The van der Waals surface area contributed by atoms with Gasteiger partial charge in [0.15, 0.2) is 0 Å². The van der Waals surface area contributed by atoms with Gasteiger partial charge in [-0.2, -0.15) is 0 Å². The van der Waals surface area contributed by atoms with Crippen molar-refractivity contribution in [3.05, 3.63) is 33.8 Å². The second kappa shape index (κ2) is 6.58. The highest BCUT2D eigenvalue weighted by molar-refractivity contribution is 6.31. The van der Waals surface area contributed by atoms with Gasteiger partial charge in [0, 0.05) is 11.6 Å². The van der Waals surface area contributed by atoms with Crippen molar-refractivity contribution in [2.45, 2.75) is 47.5 Å². The molecule has 0 saturated heterocycles. The van der Waals surface area contributed by atoms with Crippen LogP contribution >= 0.6 is 11.6 Å². The van der Waals surface area contributed by atoms with Crippen molar-refractivity contribution in [3.8, 4) is 0 Å². The first-order valence-electron chi connectivity index (χ1n) is 6.82. The second-order valence-corrected chi connectivity index (χ2v) is 6.38. The molecule has 1 aromatic carbocycles. The van der Waals surface area contributed by atoms with Crippen molar-refractivity contribution in [2.75, 3.05) is 13.1 Å². The van der Waals surface area contributed by atoms with E-state index in [1.165, 1.54) is 16.7 Å². The average Bonchev–Trinajstić information content (AvgIpc) is 2.30. The molecule has 18 heavy (non-hydrogen) atoms. The smallest absolute Gasteiger partial charge is 0.0440 e. The highest BCUT2D eigenvalue weighted by Crippen LogP contribution is 2.27. The van der Waals surface area contributed by atoms with Crippen molar-refractivity contribution >= 4 is 11.6 Å². The molecule has 2 heteroatoms. The van der Waals surface area contributed by atoms with E-state index in [2.05, 4.69) is 52.1 Å². The molecule has 0 aliphatic carbocycles. The topological polar surface area (TPSA) is 12.0 Å². The number of nitrogens with one attached hydrogen (secondary N) is 1. The molecule has 0 aliphatic rings. The fraction of sp³-hybridized carbons (Fsp3) is 0.625. The maximum Gasteiger partial charge on any atom is 0.0440 e. The number of rotatable bonds is 6. The van der Waals surface area contributed by atoms with Crippen molar-refractivity contribution in [1.82, 2.24) is 5.32 Å². The van der Waals surface area contributed by atoms with Crippen LogP contribution in [0.25, 0.3) is 0 Å². The van der Waals surface area contributed by atoms with E-state index < -0.39 is 0 Å². The standard InChI is InChI=1S/C16H26ClN/c1-6-18-11-16(4,5)8-7-14-9-12(2)13(3)10-15(14)17/h9-10,18H,6-8,11H2,1-5H3. The van der Waals surface area contributed by atoms with Gasteiger partial charge in [-0.05, 0) is 61.4 Å². The maximum absolute atomic E-state index is 6.32. The van der Waals surface area contributed by atoms with E-state index in [1.54, 1.807) is 0 Å². The fourth-order valence-electron chi connectivity index (χ4n) is 2.06. The minimum absolute atomic E-state index is 0.318. The zero-order chi connectivity index (χ0) is 13.8. The Kier molecular flexibility index (Phi) is 5.68. The van der Waals surface area contributed by atoms with E-state index in [-0.39, 0.29) is 0 Å². The zero-order valence-corrected chi connectivity index (χ0v) is 13.1. The second-order valence-electron chi connectivity index (χ2n) is 5.97.